The Morgan fingerprint density at radius 3 is 2.73 bits per heavy atom. The second-order valence-corrected chi connectivity index (χ2v) is 6.10. The molecule has 1 fully saturated rings. The van der Waals surface area contributed by atoms with Crippen molar-refractivity contribution in [1.29, 1.82) is 0 Å². The molecule has 1 amide bonds. The van der Waals surface area contributed by atoms with Crippen LogP contribution in [0, 0.1) is 12.8 Å². The standard InChI is InChI=1S/C18H21NO3/c1-12-10-16(12)17-8-6-14(22-17)7-9-18(20)19(3)11-15-5-4-13(2)21-15/h4-9,12,16H,10-11H2,1-3H3/b9-7+. The number of carbonyl (C=O) groups excluding carboxylic acids is 1. The lowest BCUT2D eigenvalue weighted by Crippen LogP contribution is -2.23. The summed E-state index contributed by atoms with van der Waals surface area (Å²) in [5.41, 5.74) is 0. The minimum atomic E-state index is -0.0770. The van der Waals surface area contributed by atoms with E-state index in [0.717, 1.165) is 23.0 Å². The average molecular weight is 299 g/mol. The summed E-state index contributed by atoms with van der Waals surface area (Å²) in [5, 5.41) is 0. The van der Waals surface area contributed by atoms with Crippen LogP contribution in [0.4, 0.5) is 0 Å². The van der Waals surface area contributed by atoms with Crippen molar-refractivity contribution in [1.82, 2.24) is 4.90 Å². The third kappa shape index (κ3) is 3.32. The van der Waals surface area contributed by atoms with Crippen LogP contribution in [0.15, 0.2) is 39.2 Å². The second kappa shape index (κ2) is 5.87. The fourth-order valence-electron chi connectivity index (χ4n) is 2.54. The minimum Gasteiger partial charge on any atom is -0.464 e. The van der Waals surface area contributed by atoms with Gasteiger partial charge in [0.2, 0.25) is 5.91 Å². The molecular weight excluding hydrogens is 278 g/mol. The number of hydrogen-bond acceptors (Lipinski definition) is 3. The largest absolute Gasteiger partial charge is 0.464 e. The van der Waals surface area contributed by atoms with Gasteiger partial charge in [-0.1, -0.05) is 6.92 Å². The van der Waals surface area contributed by atoms with Gasteiger partial charge >= 0.3 is 0 Å². The molecule has 22 heavy (non-hydrogen) atoms. The zero-order valence-electron chi connectivity index (χ0n) is 13.2. The summed E-state index contributed by atoms with van der Waals surface area (Å²) in [5.74, 6) is 4.58. The summed E-state index contributed by atoms with van der Waals surface area (Å²) in [6.07, 6.45) is 4.46. The Balaban J connectivity index is 1.57. The zero-order valence-corrected chi connectivity index (χ0v) is 13.2. The van der Waals surface area contributed by atoms with E-state index in [-0.39, 0.29) is 5.91 Å². The first-order valence-corrected chi connectivity index (χ1v) is 7.61. The molecule has 0 N–H and O–H groups in total. The normalized spacial score (nSPS) is 20.5. The van der Waals surface area contributed by atoms with Gasteiger partial charge in [0.15, 0.2) is 0 Å². The number of furan rings is 2. The van der Waals surface area contributed by atoms with Crippen molar-refractivity contribution in [3.63, 3.8) is 0 Å². The number of amides is 1. The molecule has 4 nitrogen and oxygen atoms in total. The Hall–Kier alpha value is -2.23. The molecule has 4 heteroatoms. The number of carbonyl (C=O) groups is 1. The molecule has 0 saturated heterocycles. The molecule has 0 bridgehead atoms. The van der Waals surface area contributed by atoms with E-state index in [1.807, 2.05) is 31.2 Å². The summed E-state index contributed by atoms with van der Waals surface area (Å²) in [4.78, 5) is 13.7. The first kappa shape index (κ1) is 14.7. The van der Waals surface area contributed by atoms with Crippen LogP contribution < -0.4 is 0 Å². The van der Waals surface area contributed by atoms with E-state index >= 15 is 0 Å². The van der Waals surface area contributed by atoms with Crippen molar-refractivity contribution in [3.8, 4) is 0 Å². The summed E-state index contributed by atoms with van der Waals surface area (Å²) >= 11 is 0. The molecule has 2 aromatic heterocycles. The van der Waals surface area contributed by atoms with Gasteiger partial charge in [0.05, 0.1) is 6.54 Å². The smallest absolute Gasteiger partial charge is 0.246 e. The molecule has 3 rings (SSSR count). The van der Waals surface area contributed by atoms with E-state index < -0.39 is 0 Å². The zero-order chi connectivity index (χ0) is 15.7. The summed E-state index contributed by atoms with van der Waals surface area (Å²) < 4.78 is 11.2. The lowest BCUT2D eigenvalue weighted by atomic mass is 10.3. The number of hydrogen-bond donors (Lipinski definition) is 0. The van der Waals surface area contributed by atoms with E-state index in [1.165, 1.54) is 12.5 Å². The van der Waals surface area contributed by atoms with Crippen molar-refractivity contribution < 1.29 is 13.6 Å². The quantitative estimate of drug-likeness (QED) is 0.785. The van der Waals surface area contributed by atoms with Crippen molar-refractivity contribution in [3.05, 3.63) is 53.4 Å². The molecular formula is C18H21NO3. The first-order valence-electron chi connectivity index (χ1n) is 7.61. The predicted molar refractivity (Wildman–Crippen MR) is 84.2 cm³/mol. The van der Waals surface area contributed by atoms with Gasteiger partial charge in [-0.05, 0) is 49.6 Å². The third-order valence-corrected chi connectivity index (χ3v) is 4.08. The highest BCUT2D eigenvalue weighted by molar-refractivity contribution is 5.91. The molecule has 2 heterocycles. The van der Waals surface area contributed by atoms with Crippen molar-refractivity contribution in [2.45, 2.75) is 32.7 Å². The minimum absolute atomic E-state index is 0.0770. The molecule has 2 atom stereocenters. The van der Waals surface area contributed by atoms with Gasteiger partial charge < -0.3 is 13.7 Å². The van der Waals surface area contributed by atoms with Crippen molar-refractivity contribution >= 4 is 12.0 Å². The first-order chi connectivity index (χ1) is 10.5. The van der Waals surface area contributed by atoms with Gasteiger partial charge in [-0.2, -0.15) is 0 Å². The molecule has 2 aromatic rings. The molecule has 1 aliphatic carbocycles. The van der Waals surface area contributed by atoms with Crippen LogP contribution in [0.1, 0.15) is 42.3 Å². The molecule has 2 unspecified atom stereocenters. The van der Waals surface area contributed by atoms with E-state index in [2.05, 4.69) is 6.92 Å². The van der Waals surface area contributed by atoms with E-state index in [0.29, 0.717) is 18.4 Å². The van der Waals surface area contributed by atoms with Crippen LogP contribution in [-0.2, 0) is 11.3 Å². The van der Waals surface area contributed by atoms with Gasteiger partial charge in [0.1, 0.15) is 23.0 Å². The molecule has 0 aromatic carbocycles. The molecule has 0 aliphatic heterocycles. The van der Waals surface area contributed by atoms with Crippen molar-refractivity contribution in [2.24, 2.45) is 5.92 Å². The Labute approximate surface area is 130 Å². The fourth-order valence-corrected chi connectivity index (χ4v) is 2.54. The van der Waals surface area contributed by atoms with Crippen LogP contribution >= 0.6 is 0 Å². The molecule has 116 valence electrons. The van der Waals surface area contributed by atoms with E-state index in [9.17, 15) is 4.79 Å². The Morgan fingerprint density at radius 2 is 2.09 bits per heavy atom. The van der Waals surface area contributed by atoms with Crippen molar-refractivity contribution in [2.75, 3.05) is 7.05 Å². The van der Waals surface area contributed by atoms with E-state index in [4.69, 9.17) is 8.83 Å². The fraction of sp³-hybridized carbons (Fsp3) is 0.389. The number of rotatable bonds is 5. The Morgan fingerprint density at radius 1 is 1.32 bits per heavy atom. The van der Waals surface area contributed by atoms with Crippen LogP contribution in [0.5, 0.6) is 0 Å². The molecule has 1 saturated carbocycles. The second-order valence-electron chi connectivity index (χ2n) is 6.10. The average Bonchev–Trinajstić information content (AvgIpc) is 2.90. The van der Waals surface area contributed by atoms with Gasteiger partial charge in [-0.25, -0.2) is 0 Å². The SMILES string of the molecule is Cc1ccc(CN(C)C(=O)/C=C/c2ccc(C3CC3C)o2)o1. The highest BCUT2D eigenvalue weighted by Gasteiger charge is 2.36. The van der Waals surface area contributed by atoms with Gasteiger partial charge in [0.25, 0.3) is 0 Å². The van der Waals surface area contributed by atoms with E-state index in [1.54, 1.807) is 18.0 Å². The van der Waals surface area contributed by atoms with Gasteiger partial charge in [0, 0.05) is 19.0 Å². The van der Waals surface area contributed by atoms with Gasteiger partial charge in [-0.3, -0.25) is 4.79 Å². The van der Waals surface area contributed by atoms with Crippen LogP contribution in [0.3, 0.4) is 0 Å². The van der Waals surface area contributed by atoms with Crippen LogP contribution in [0.25, 0.3) is 6.08 Å². The maximum Gasteiger partial charge on any atom is 0.246 e. The maximum atomic E-state index is 12.1. The molecule has 0 radical (unpaired) electrons. The lowest BCUT2D eigenvalue weighted by Gasteiger charge is -2.12. The Bertz CT molecular complexity index is 695. The lowest BCUT2D eigenvalue weighted by molar-refractivity contribution is -0.125. The summed E-state index contributed by atoms with van der Waals surface area (Å²) in [7, 11) is 1.75. The highest BCUT2D eigenvalue weighted by atomic mass is 16.3. The predicted octanol–water partition coefficient (Wildman–Crippen LogP) is 3.98. The topological polar surface area (TPSA) is 46.6 Å². The number of nitrogens with zero attached hydrogens (tertiary/aromatic N) is 1. The number of likely N-dealkylation sites (N-methyl/N-ethyl adjacent to an activating group) is 1. The monoisotopic (exact) mass is 299 g/mol. The van der Waals surface area contributed by atoms with Gasteiger partial charge in [-0.15, -0.1) is 0 Å². The highest BCUT2D eigenvalue weighted by Crippen LogP contribution is 2.47. The summed E-state index contributed by atoms with van der Waals surface area (Å²) in [6, 6.07) is 7.71. The third-order valence-electron chi connectivity index (χ3n) is 4.08. The molecule has 0 spiro atoms. The van der Waals surface area contributed by atoms with Crippen LogP contribution in [-0.4, -0.2) is 17.9 Å². The number of aryl methyl sites for hydroxylation is 1. The molecule has 1 aliphatic rings. The Kier molecular flexibility index (Phi) is 3.92. The summed E-state index contributed by atoms with van der Waals surface area (Å²) in [6.45, 7) is 4.57. The maximum absolute atomic E-state index is 12.1. The van der Waals surface area contributed by atoms with Crippen LogP contribution in [0.2, 0.25) is 0 Å².